The molecule has 0 unspecified atom stereocenters. The van der Waals surface area contributed by atoms with Gasteiger partial charge in [0.15, 0.2) is 0 Å². The lowest BCUT2D eigenvalue weighted by molar-refractivity contribution is 0.0952. The maximum absolute atomic E-state index is 12.0. The van der Waals surface area contributed by atoms with Crippen LogP contribution in [0.5, 0.6) is 0 Å². The molecule has 2 aromatic rings. The van der Waals surface area contributed by atoms with Crippen LogP contribution in [-0.2, 0) is 6.54 Å². The number of nitrogens with zero attached hydrogens (tertiary/aromatic N) is 3. The zero-order valence-corrected chi connectivity index (χ0v) is 12.3. The molecule has 2 rings (SSSR count). The van der Waals surface area contributed by atoms with Gasteiger partial charge in [-0.3, -0.25) is 9.48 Å². The van der Waals surface area contributed by atoms with Crippen LogP contribution in [0.25, 0.3) is 0 Å². The van der Waals surface area contributed by atoms with Gasteiger partial charge in [-0.15, -0.1) is 0 Å². The van der Waals surface area contributed by atoms with E-state index in [-0.39, 0.29) is 5.91 Å². The highest BCUT2D eigenvalue weighted by atomic mass is 16.1. The minimum absolute atomic E-state index is 0.152. The number of rotatable bonds is 5. The molecule has 21 heavy (non-hydrogen) atoms. The molecule has 108 valence electrons. The van der Waals surface area contributed by atoms with E-state index in [1.807, 2.05) is 30.7 Å². The number of amides is 1. The van der Waals surface area contributed by atoms with Crippen molar-refractivity contribution >= 4 is 5.91 Å². The van der Waals surface area contributed by atoms with Crippen molar-refractivity contribution in [2.45, 2.75) is 26.8 Å². The van der Waals surface area contributed by atoms with Crippen LogP contribution in [0.3, 0.4) is 0 Å². The van der Waals surface area contributed by atoms with E-state index >= 15 is 0 Å². The van der Waals surface area contributed by atoms with Crippen LogP contribution >= 0.6 is 0 Å². The predicted octanol–water partition coefficient (Wildman–Crippen LogP) is 2.19. The topological polar surface area (TPSA) is 70.7 Å². The molecule has 1 aromatic heterocycles. The number of carbonyl (C=O) groups is 1. The van der Waals surface area contributed by atoms with Crippen molar-refractivity contribution in [1.29, 1.82) is 5.26 Å². The summed E-state index contributed by atoms with van der Waals surface area (Å²) in [5.41, 5.74) is 3.14. The van der Waals surface area contributed by atoms with Crippen molar-refractivity contribution in [2.24, 2.45) is 0 Å². The number of hydrogen-bond acceptors (Lipinski definition) is 3. The Balaban J connectivity index is 1.82. The Bertz CT molecular complexity index is 682. The van der Waals surface area contributed by atoms with Crippen LogP contribution in [0, 0.1) is 25.2 Å². The zero-order chi connectivity index (χ0) is 15.2. The summed E-state index contributed by atoms with van der Waals surface area (Å²) in [6.07, 6.45) is 0.811. The van der Waals surface area contributed by atoms with E-state index in [0.717, 1.165) is 24.4 Å². The number of nitriles is 1. The van der Waals surface area contributed by atoms with Gasteiger partial charge in [-0.1, -0.05) is 6.07 Å². The zero-order valence-electron chi connectivity index (χ0n) is 12.3. The second-order valence-corrected chi connectivity index (χ2v) is 4.95. The highest BCUT2D eigenvalue weighted by molar-refractivity contribution is 5.94. The third-order valence-corrected chi connectivity index (χ3v) is 3.19. The van der Waals surface area contributed by atoms with Crippen LogP contribution < -0.4 is 5.32 Å². The van der Waals surface area contributed by atoms with Gasteiger partial charge in [-0.2, -0.15) is 10.4 Å². The first kappa shape index (κ1) is 14.8. The maximum Gasteiger partial charge on any atom is 0.251 e. The largest absolute Gasteiger partial charge is 0.352 e. The summed E-state index contributed by atoms with van der Waals surface area (Å²) in [6, 6.07) is 10.8. The Morgan fingerprint density at radius 3 is 2.86 bits per heavy atom. The van der Waals surface area contributed by atoms with Crippen LogP contribution in [0.4, 0.5) is 0 Å². The molecular weight excluding hydrogens is 264 g/mol. The van der Waals surface area contributed by atoms with Crippen molar-refractivity contribution in [1.82, 2.24) is 15.1 Å². The smallest absolute Gasteiger partial charge is 0.251 e. The Kier molecular flexibility index (Phi) is 4.72. The number of nitrogens with one attached hydrogen (secondary N) is 1. The maximum atomic E-state index is 12.0. The number of benzene rings is 1. The highest BCUT2D eigenvalue weighted by Gasteiger charge is 2.06. The van der Waals surface area contributed by atoms with Crippen molar-refractivity contribution < 1.29 is 4.79 Å². The van der Waals surface area contributed by atoms with Crippen LogP contribution in [0.2, 0.25) is 0 Å². The lowest BCUT2D eigenvalue weighted by atomic mass is 10.1. The quantitative estimate of drug-likeness (QED) is 0.854. The van der Waals surface area contributed by atoms with E-state index in [1.54, 1.807) is 24.3 Å². The molecule has 0 aliphatic heterocycles. The highest BCUT2D eigenvalue weighted by Crippen LogP contribution is 2.05. The Morgan fingerprint density at radius 1 is 1.38 bits per heavy atom. The summed E-state index contributed by atoms with van der Waals surface area (Å²) >= 11 is 0. The molecule has 0 saturated heterocycles. The molecule has 1 aromatic carbocycles. The molecule has 1 amide bonds. The Labute approximate surface area is 124 Å². The molecule has 5 heteroatoms. The summed E-state index contributed by atoms with van der Waals surface area (Å²) in [5, 5.41) is 16.1. The fourth-order valence-corrected chi connectivity index (χ4v) is 2.16. The molecule has 0 aliphatic rings. The second-order valence-electron chi connectivity index (χ2n) is 4.95. The van der Waals surface area contributed by atoms with Crippen molar-refractivity contribution in [3.05, 3.63) is 52.8 Å². The van der Waals surface area contributed by atoms with Gasteiger partial charge in [0, 0.05) is 24.3 Å². The number of aromatic nitrogens is 2. The number of hydrogen-bond donors (Lipinski definition) is 1. The molecule has 0 atom stereocenters. The minimum Gasteiger partial charge on any atom is -0.352 e. The molecule has 0 fully saturated rings. The molecule has 1 heterocycles. The lowest BCUT2D eigenvalue weighted by Gasteiger charge is -2.07. The first-order valence-electron chi connectivity index (χ1n) is 6.89. The predicted molar refractivity (Wildman–Crippen MR) is 79.8 cm³/mol. The van der Waals surface area contributed by atoms with E-state index in [1.165, 1.54) is 0 Å². The summed E-state index contributed by atoms with van der Waals surface area (Å²) in [5.74, 6) is -0.152. The molecule has 0 aliphatic carbocycles. The van der Waals surface area contributed by atoms with Crippen molar-refractivity contribution in [3.63, 3.8) is 0 Å². The third-order valence-electron chi connectivity index (χ3n) is 3.19. The minimum atomic E-state index is -0.152. The van der Waals surface area contributed by atoms with E-state index in [4.69, 9.17) is 5.26 Å². The summed E-state index contributed by atoms with van der Waals surface area (Å²) in [4.78, 5) is 12.0. The van der Waals surface area contributed by atoms with Gasteiger partial charge in [0.2, 0.25) is 0 Å². The van der Waals surface area contributed by atoms with E-state index in [9.17, 15) is 4.79 Å². The van der Waals surface area contributed by atoms with Crippen LogP contribution in [0.1, 0.15) is 33.7 Å². The van der Waals surface area contributed by atoms with E-state index < -0.39 is 0 Å². The van der Waals surface area contributed by atoms with Crippen molar-refractivity contribution in [2.75, 3.05) is 6.54 Å². The van der Waals surface area contributed by atoms with Gasteiger partial charge in [0.05, 0.1) is 17.3 Å². The first-order chi connectivity index (χ1) is 10.1. The van der Waals surface area contributed by atoms with Gasteiger partial charge in [-0.25, -0.2) is 0 Å². The van der Waals surface area contributed by atoms with Crippen LogP contribution in [0.15, 0.2) is 30.3 Å². The Hall–Kier alpha value is -2.61. The Morgan fingerprint density at radius 2 is 2.19 bits per heavy atom. The molecular formula is C16H18N4O. The SMILES string of the molecule is Cc1cc(C)n(CCCNC(=O)c2cccc(C#N)c2)n1. The van der Waals surface area contributed by atoms with Gasteiger partial charge >= 0.3 is 0 Å². The van der Waals surface area contributed by atoms with Gasteiger partial charge in [-0.05, 0) is 44.5 Å². The molecule has 1 N–H and O–H groups in total. The first-order valence-corrected chi connectivity index (χ1v) is 6.89. The summed E-state index contributed by atoms with van der Waals surface area (Å²) in [6.45, 7) is 5.34. The normalized spacial score (nSPS) is 10.1. The number of carbonyl (C=O) groups excluding carboxylic acids is 1. The third kappa shape index (κ3) is 3.93. The molecule has 0 bridgehead atoms. The summed E-state index contributed by atoms with van der Waals surface area (Å²) in [7, 11) is 0. The molecule has 0 saturated carbocycles. The van der Waals surface area contributed by atoms with Gasteiger partial charge in [0.25, 0.3) is 5.91 Å². The molecule has 0 radical (unpaired) electrons. The van der Waals surface area contributed by atoms with Gasteiger partial charge in [0.1, 0.15) is 0 Å². The lowest BCUT2D eigenvalue weighted by Crippen LogP contribution is -2.25. The summed E-state index contributed by atoms with van der Waals surface area (Å²) < 4.78 is 1.94. The van der Waals surface area contributed by atoms with Crippen molar-refractivity contribution in [3.8, 4) is 6.07 Å². The van der Waals surface area contributed by atoms with E-state index in [0.29, 0.717) is 17.7 Å². The number of aryl methyl sites for hydroxylation is 3. The average molecular weight is 282 g/mol. The standard InChI is InChI=1S/C16H18N4O/c1-12-9-13(2)20(19-12)8-4-7-18-16(21)15-6-3-5-14(10-15)11-17/h3,5-6,9-10H,4,7-8H2,1-2H3,(H,18,21). The molecule has 0 spiro atoms. The fraction of sp³-hybridized carbons (Fsp3) is 0.312. The molecule has 5 nitrogen and oxygen atoms in total. The fourth-order valence-electron chi connectivity index (χ4n) is 2.16. The second kappa shape index (κ2) is 6.71. The van der Waals surface area contributed by atoms with Gasteiger partial charge < -0.3 is 5.32 Å². The monoisotopic (exact) mass is 282 g/mol. The average Bonchev–Trinajstić information content (AvgIpc) is 2.81. The van der Waals surface area contributed by atoms with E-state index in [2.05, 4.69) is 10.4 Å². The van der Waals surface area contributed by atoms with Crippen LogP contribution in [-0.4, -0.2) is 22.2 Å².